The predicted octanol–water partition coefficient (Wildman–Crippen LogP) is 1.06. The van der Waals surface area contributed by atoms with E-state index in [2.05, 4.69) is 6.58 Å². The summed E-state index contributed by atoms with van der Waals surface area (Å²) in [5.74, 6) is 0. The number of hydrogen-bond acceptors (Lipinski definition) is 2. The minimum Gasteiger partial charge on any atom is -0.368 e. The largest absolute Gasteiger partial charge is 0.368 e. The minimum atomic E-state index is -0.552. The molecule has 0 amide bonds. The zero-order chi connectivity index (χ0) is 6.69. The third kappa shape index (κ3) is 2.16. The van der Waals surface area contributed by atoms with Gasteiger partial charge in [-0.1, -0.05) is 12.2 Å². The van der Waals surface area contributed by atoms with Crippen molar-refractivity contribution in [2.45, 2.75) is 25.6 Å². The molecule has 1 rings (SSSR count). The van der Waals surface area contributed by atoms with Gasteiger partial charge in [0.25, 0.3) is 0 Å². The quantitative estimate of drug-likeness (QED) is 0.494. The van der Waals surface area contributed by atoms with E-state index in [1.165, 1.54) is 5.57 Å². The maximum Gasteiger partial charge on any atom is 0.154 e. The Labute approximate surface area is 55.1 Å². The molecule has 2 heteroatoms. The molecule has 0 bridgehead atoms. The molecule has 52 valence electrons. The minimum absolute atomic E-state index is 0.552. The lowest BCUT2D eigenvalue weighted by molar-refractivity contribution is -0.0954. The lowest BCUT2D eigenvalue weighted by Crippen LogP contribution is -2.08. The first-order valence-electron chi connectivity index (χ1n) is 3.25. The summed E-state index contributed by atoms with van der Waals surface area (Å²) in [4.78, 5) is 0. The molecule has 1 heterocycles. The fourth-order valence-electron chi connectivity index (χ4n) is 0.875. The molecule has 0 aromatic rings. The van der Waals surface area contributed by atoms with Crippen LogP contribution in [0.5, 0.6) is 0 Å². The molecule has 1 saturated heterocycles. The zero-order valence-electron chi connectivity index (χ0n) is 5.47. The van der Waals surface area contributed by atoms with Crippen molar-refractivity contribution >= 4 is 0 Å². The fraction of sp³-hybridized carbons (Fsp3) is 0.714. The summed E-state index contributed by atoms with van der Waals surface area (Å²) < 4.78 is 4.97. The Balaban J connectivity index is 2.34. The van der Waals surface area contributed by atoms with E-state index in [-0.39, 0.29) is 0 Å². The van der Waals surface area contributed by atoms with Crippen molar-refractivity contribution in [1.29, 1.82) is 0 Å². The zero-order valence-corrected chi connectivity index (χ0v) is 5.47. The van der Waals surface area contributed by atoms with Crippen LogP contribution in [-0.4, -0.2) is 18.0 Å². The smallest absolute Gasteiger partial charge is 0.154 e. The Morgan fingerprint density at radius 1 is 1.56 bits per heavy atom. The van der Waals surface area contributed by atoms with Gasteiger partial charge in [0.05, 0.1) is 6.61 Å². The highest BCUT2D eigenvalue weighted by atomic mass is 16.6. The highest BCUT2D eigenvalue weighted by Gasteiger charge is 2.09. The van der Waals surface area contributed by atoms with Gasteiger partial charge >= 0.3 is 0 Å². The first kappa shape index (κ1) is 6.78. The summed E-state index contributed by atoms with van der Waals surface area (Å²) in [6.07, 6.45) is 1.96. The second-order valence-corrected chi connectivity index (χ2v) is 2.36. The summed E-state index contributed by atoms with van der Waals surface area (Å²) in [7, 11) is 0. The molecule has 0 radical (unpaired) electrons. The van der Waals surface area contributed by atoms with Crippen molar-refractivity contribution in [3.05, 3.63) is 12.2 Å². The number of rotatable bonds is 0. The van der Waals surface area contributed by atoms with Crippen LogP contribution in [-0.2, 0) is 4.74 Å². The molecule has 0 spiro atoms. The van der Waals surface area contributed by atoms with E-state index >= 15 is 0 Å². The van der Waals surface area contributed by atoms with Crippen molar-refractivity contribution in [2.24, 2.45) is 0 Å². The molecular formula is C7H12O2. The van der Waals surface area contributed by atoms with Crippen molar-refractivity contribution in [3.63, 3.8) is 0 Å². The van der Waals surface area contributed by atoms with Crippen LogP contribution in [0.25, 0.3) is 0 Å². The van der Waals surface area contributed by atoms with Gasteiger partial charge in [0.15, 0.2) is 6.29 Å². The molecule has 1 N–H and O–H groups in total. The monoisotopic (exact) mass is 128 g/mol. The second-order valence-electron chi connectivity index (χ2n) is 2.36. The molecule has 2 nitrogen and oxygen atoms in total. The molecule has 1 unspecified atom stereocenters. The van der Waals surface area contributed by atoms with Crippen LogP contribution in [0.3, 0.4) is 0 Å². The average molecular weight is 128 g/mol. The molecule has 1 aliphatic heterocycles. The number of aliphatic hydroxyl groups is 1. The van der Waals surface area contributed by atoms with E-state index in [1.54, 1.807) is 0 Å². The molecule has 0 aliphatic carbocycles. The van der Waals surface area contributed by atoms with E-state index in [9.17, 15) is 0 Å². The number of aliphatic hydroxyl groups excluding tert-OH is 1. The van der Waals surface area contributed by atoms with Crippen molar-refractivity contribution in [1.82, 2.24) is 0 Å². The van der Waals surface area contributed by atoms with Gasteiger partial charge in [-0.3, -0.25) is 0 Å². The Bertz CT molecular complexity index is 109. The second kappa shape index (κ2) is 2.99. The van der Waals surface area contributed by atoms with Gasteiger partial charge in [-0.2, -0.15) is 0 Å². The lowest BCUT2D eigenvalue weighted by Gasteiger charge is -2.04. The number of hydrogen-bond donors (Lipinski definition) is 1. The van der Waals surface area contributed by atoms with Crippen LogP contribution in [0.2, 0.25) is 0 Å². The van der Waals surface area contributed by atoms with Gasteiger partial charge in [-0.15, -0.1) is 0 Å². The van der Waals surface area contributed by atoms with E-state index in [0.29, 0.717) is 13.0 Å². The van der Waals surface area contributed by atoms with Crippen LogP contribution in [0, 0.1) is 0 Å². The van der Waals surface area contributed by atoms with Crippen LogP contribution in [0.4, 0.5) is 0 Å². The van der Waals surface area contributed by atoms with Crippen LogP contribution in [0.1, 0.15) is 19.3 Å². The Morgan fingerprint density at radius 2 is 2.33 bits per heavy atom. The summed E-state index contributed by atoms with van der Waals surface area (Å²) >= 11 is 0. The maximum atomic E-state index is 8.94. The van der Waals surface area contributed by atoms with Crippen LogP contribution in [0.15, 0.2) is 12.2 Å². The van der Waals surface area contributed by atoms with Gasteiger partial charge < -0.3 is 9.84 Å². The van der Waals surface area contributed by atoms with E-state index in [0.717, 1.165) is 12.8 Å². The average Bonchev–Trinajstić information content (AvgIpc) is 1.97. The lowest BCUT2D eigenvalue weighted by atomic mass is 10.1. The standard InChI is InChI=1S/C7H12O2/c1-6-2-3-7(8)9-5-4-6/h7-8H,1-5H2. The summed E-state index contributed by atoms with van der Waals surface area (Å²) in [6.45, 7) is 4.44. The molecular weight excluding hydrogens is 116 g/mol. The van der Waals surface area contributed by atoms with Gasteiger partial charge in [-0.05, 0) is 12.8 Å². The number of ether oxygens (including phenoxy) is 1. The Kier molecular flexibility index (Phi) is 2.25. The molecule has 1 aliphatic rings. The third-order valence-electron chi connectivity index (χ3n) is 1.51. The van der Waals surface area contributed by atoms with E-state index < -0.39 is 6.29 Å². The van der Waals surface area contributed by atoms with E-state index in [4.69, 9.17) is 9.84 Å². The van der Waals surface area contributed by atoms with E-state index in [1.807, 2.05) is 0 Å². The van der Waals surface area contributed by atoms with Crippen LogP contribution >= 0.6 is 0 Å². The van der Waals surface area contributed by atoms with Gasteiger partial charge in [0.2, 0.25) is 0 Å². The maximum absolute atomic E-state index is 8.94. The summed E-state index contributed by atoms with van der Waals surface area (Å²) in [5.41, 5.74) is 1.19. The highest BCUT2D eigenvalue weighted by Crippen LogP contribution is 2.14. The summed E-state index contributed by atoms with van der Waals surface area (Å²) in [6, 6.07) is 0. The molecule has 1 fully saturated rings. The Morgan fingerprint density at radius 3 is 3.11 bits per heavy atom. The van der Waals surface area contributed by atoms with Crippen molar-refractivity contribution < 1.29 is 9.84 Å². The molecule has 9 heavy (non-hydrogen) atoms. The van der Waals surface area contributed by atoms with Gasteiger partial charge in [-0.25, -0.2) is 0 Å². The van der Waals surface area contributed by atoms with Gasteiger partial charge in [0.1, 0.15) is 0 Å². The SMILES string of the molecule is C=C1CCOC(O)CC1. The predicted molar refractivity (Wildman–Crippen MR) is 34.9 cm³/mol. The fourth-order valence-corrected chi connectivity index (χ4v) is 0.875. The third-order valence-corrected chi connectivity index (χ3v) is 1.51. The van der Waals surface area contributed by atoms with Gasteiger partial charge in [0, 0.05) is 6.42 Å². The van der Waals surface area contributed by atoms with Crippen molar-refractivity contribution in [3.8, 4) is 0 Å². The topological polar surface area (TPSA) is 29.5 Å². The first-order chi connectivity index (χ1) is 4.29. The molecule has 1 atom stereocenters. The normalized spacial score (nSPS) is 29.9. The van der Waals surface area contributed by atoms with Crippen molar-refractivity contribution in [2.75, 3.05) is 6.61 Å². The molecule has 0 saturated carbocycles. The highest BCUT2D eigenvalue weighted by molar-refractivity contribution is 4.94. The molecule has 0 aromatic heterocycles. The van der Waals surface area contributed by atoms with Crippen LogP contribution < -0.4 is 0 Å². The summed E-state index contributed by atoms with van der Waals surface area (Å²) in [5, 5.41) is 8.94. The first-order valence-corrected chi connectivity index (χ1v) is 3.25. The molecule has 0 aromatic carbocycles. The Hall–Kier alpha value is -0.340.